The van der Waals surface area contributed by atoms with E-state index in [9.17, 15) is 4.79 Å². The zero-order valence-electron chi connectivity index (χ0n) is 17.2. The summed E-state index contributed by atoms with van der Waals surface area (Å²) in [6, 6.07) is -0.187. The molecule has 0 N–H and O–H groups in total. The number of methoxy groups -OCH3 is 1. The van der Waals surface area contributed by atoms with E-state index in [1.165, 1.54) is 7.11 Å². The molecule has 1 heterocycles. The summed E-state index contributed by atoms with van der Waals surface area (Å²) in [4.78, 5) is 14.3. The summed E-state index contributed by atoms with van der Waals surface area (Å²) in [6.07, 6.45) is 0.687. The summed E-state index contributed by atoms with van der Waals surface area (Å²) in [7, 11) is -0.453. The van der Waals surface area contributed by atoms with Gasteiger partial charge in [-0.1, -0.05) is 20.8 Å². The molecule has 0 unspecified atom stereocenters. The summed E-state index contributed by atoms with van der Waals surface area (Å²) in [6.45, 7) is 19.8. The van der Waals surface area contributed by atoms with Gasteiger partial charge in [0.1, 0.15) is 12.8 Å². The molecule has 1 saturated heterocycles. The first-order valence-electron chi connectivity index (χ1n) is 8.85. The lowest BCUT2D eigenvalue weighted by atomic mass is 10.1. The van der Waals surface area contributed by atoms with Gasteiger partial charge in [0.15, 0.2) is 8.32 Å². The molecule has 0 aromatic rings. The minimum absolute atomic E-state index is 0.0264. The highest BCUT2D eigenvalue weighted by atomic mass is 28.4. The van der Waals surface area contributed by atoms with E-state index in [1.54, 1.807) is 0 Å². The van der Waals surface area contributed by atoms with Gasteiger partial charge in [0.25, 0.3) is 0 Å². The zero-order chi connectivity index (χ0) is 18.9. The standard InChI is InChI=1S/C18H37NO4Si/c1-13-15(23-24(9,10)18(5,6)7)11-14(16(20)21-8)19(13)12-22-17(2,3)4/h13-15H,11-12H2,1-10H3/t13-,14+,15-/m1/s1. The number of esters is 1. The topological polar surface area (TPSA) is 48.0 Å². The van der Waals surface area contributed by atoms with Crippen molar-refractivity contribution in [1.82, 2.24) is 4.90 Å². The fraction of sp³-hybridized carbons (Fsp3) is 0.944. The lowest BCUT2D eigenvalue weighted by Gasteiger charge is -2.40. The maximum Gasteiger partial charge on any atom is 0.323 e. The van der Waals surface area contributed by atoms with Crippen LogP contribution in [-0.2, 0) is 18.7 Å². The van der Waals surface area contributed by atoms with E-state index in [2.05, 4.69) is 45.7 Å². The van der Waals surface area contributed by atoms with Crippen LogP contribution in [0.2, 0.25) is 18.1 Å². The lowest BCUT2D eigenvalue weighted by molar-refractivity contribution is -0.151. The number of nitrogens with zero attached hydrogens (tertiary/aromatic N) is 1. The van der Waals surface area contributed by atoms with Crippen molar-refractivity contribution in [3.05, 3.63) is 0 Å². The normalized spacial score (nSPS) is 26.7. The highest BCUT2D eigenvalue weighted by Crippen LogP contribution is 2.40. The average molecular weight is 360 g/mol. The SMILES string of the molecule is COC(=O)[C@@H]1C[C@@H](O[Si](C)(C)C(C)(C)C)[C@@H](C)N1COC(C)(C)C. The van der Waals surface area contributed by atoms with Crippen molar-refractivity contribution in [3.8, 4) is 0 Å². The maximum atomic E-state index is 12.2. The summed E-state index contributed by atoms with van der Waals surface area (Å²) in [5.74, 6) is -0.208. The van der Waals surface area contributed by atoms with E-state index in [4.69, 9.17) is 13.9 Å². The number of hydrogen-bond acceptors (Lipinski definition) is 5. The quantitative estimate of drug-likeness (QED) is 0.552. The van der Waals surface area contributed by atoms with E-state index in [1.807, 2.05) is 20.8 Å². The molecule has 0 spiro atoms. The van der Waals surface area contributed by atoms with Crippen LogP contribution in [0, 0.1) is 0 Å². The van der Waals surface area contributed by atoms with Crippen LogP contribution < -0.4 is 0 Å². The van der Waals surface area contributed by atoms with Crippen LogP contribution in [0.1, 0.15) is 54.9 Å². The monoisotopic (exact) mass is 359 g/mol. The van der Waals surface area contributed by atoms with Crippen LogP contribution in [0.4, 0.5) is 0 Å². The summed E-state index contributed by atoms with van der Waals surface area (Å²) < 4.78 is 17.5. The molecule has 1 aliphatic rings. The first-order chi connectivity index (χ1) is 10.7. The van der Waals surface area contributed by atoms with Crippen molar-refractivity contribution in [2.75, 3.05) is 13.8 Å². The fourth-order valence-corrected chi connectivity index (χ4v) is 4.00. The number of carbonyl (C=O) groups excluding carboxylic acids is 1. The van der Waals surface area contributed by atoms with Crippen molar-refractivity contribution in [2.24, 2.45) is 0 Å². The fourth-order valence-electron chi connectivity index (χ4n) is 2.59. The van der Waals surface area contributed by atoms with Gasteiger partial charge < -0.3 is 13.9 Å². The van der Waals surface area contributed by atoms with Gasteiger partial charge in [0, 0.05) is 12.5 Å². The number of likely N-dealkylation sites (tertiary alicyclic amines) is 1. The largest absolute Gasteiger partial charge is 0.468 e. The molecule has 24 heavy (non-hydrogen) atoms. The van der Waals surface area contributed by atoms with Crippen LogP contribution in [0.5, 0.6) is 0 Å². The van der Waals surface area contributed by atoms with Crippen LogP contribution >= 0.6 is 0 Å². The molecule has 0 aliphatic carbocycles. The van der Waals surface area contributed by atoms with E-state index in [0.717, 1.165) is 0 Å². The Bertz CT molecular complexity index is 439. The van der Waals surface area contributed by atoms with E-state index >= 15 is 0 Å². The molecule has 6 heteroatoms. The Balaban J connectivity index is 2.93. The van der Waals surface area contributed by atoms with Crippen LogP contribution in [0.3, 0.4) is 0 Å². The molecule has 142 valence electrons. The van der Waals surface area contributed by atoms with Gasteiger partial charge in [-0.15, -0.1) is 0 Å². The van der Waals surface area contributed by atoms with Crippen molar-refractivity contribution in [1.29, 1.82) is 0 Å². The third kappa shape index (κ3) is 5.28. The van der Waals surface area contributed by atoms with Crippen molar-refractivity contribution in [2.45, 2.75) is 96.8 Å². The van der Waals surface area contributed by atoms with Crippen molar-refractivity contribution in [3.63, 3.8) is 0 Å². The minimum atomic E-state index is -1.90. The molecular formula is C18H37NO4Si. The highest BCUT2D eigenvalue weighted by molar-refractivity contribution is 6.74. The molecule has 1 fully saturated rings. The van der Waals surface area contributed by atoms with Crippen LogP contribution in [0.15, 0.2) is 0 Å². The molecule has 0 bridgehead atoms. The minimum Gasteiger partial charge on any atom is -0.468 e. The van der Waals surface area contributed by atoms with Gasteiger partial charge in [-0.2, -0.15) is 0 Å². The molecular weight excluding hydrogens is 322 g/mol. The Hall–Kier alpha value is -0.433. The van der Waals surface area contributed by atoms with Crippen molar-refractivity contribution >= 4 is 14.3 Å². The molecule has 0 amide bonds. The smallest absolute Gasteiger partial charge is 0.323 e. The Kier molecular flexibility index (Phi) is 6.70. The average Bonchev–Trinajstić information content (AvgIpc) is 2.70. The van der Waals surface area contributed by atoms with Crippen LogP contribution in [0.25, 0.3) is 0 Å². The molecule has 0 aromatic heterocycles. The Morgan fingerprint density at radius 3 is 2.12 bits per heavy atom. The van der Waals surface area contributed by atoms with Gasteiger partial charge in [-0.25, -0.2) is 0 Å². The zero-order valence-corrected chi connectivity index (χ0v) is 18.2. The Labute approximate surface area is 149 Å². The van der Waals surface area contributed by atoms with Gasteiger partial charge in [-0.05, 0) is 45.8 Å². The first-order valence-corrected chi connectivity index (χ1v) is 11.8. The summed E-state index contributed by atoms with van der Waals surface area (Å²) in [5.41, 5.74) is -0.251. The molecule has 0 saturated carbocycles. The van der Waals surface area contributed by atoms with Gasteiger partial charge in [0.2, 0.25) is 0 Å². The summed E-state index contributed by atoms with van der Waals surface area (Å²) >= 11 is 0. The number of rotatable bonds is 5. The molecule has 3 atom stereocenters. The first kappa shape index (κ1) is 21.6. The third-order valence-corrected chi connectivity index (χ3v) is 9.79. The second-order valence-electron chi connectivity index (χ2n) is 9.33. The summed E-state index contributed by atoms with van der Waals surface area (Å²) in [5, 5.41) is 0.142. The van der Waals surface area contributed by atoms with Gasteiger partial charge in [0.05, 0.1) is 18.8 Å². The predicted octanol–water partition coefficient (Wildman–Crippen LogP) is 3.79. The molecule has 1 rings (SSSR count). The Morgan fingerprint density at radius 2 is 1.71 bits per heavy atom. The number of hydrogen-bond donors (Lipinski definition) is 0. The highest BCUT2D eigenvalue weighted by Gasteiger charge is 2.48. The molecule has 1 aliphatic heterocycles. The van der Waals surface area contributed by atoms with Crippen molar-refractivity contribution < 1.29 is 18.7 Å². The van der Waals surface area contributed by atoms with E-state index in [0.29, 0.717) is 13.2 Å². The van der Waals surface area contributed by atoms with Gasteiger partial charge in [-0.3, -0.25) is 9.69 Å². The van der Waals surface area contributed by atoms with Crippen LogP contribution in [-0.4, -0.2) is 56.8 Å². The maximum absolute atomic E-state index is 12.2. The lowest BCUT2D eigenvalue weighted by Crippen LogP contribution is -2.48. The second-order valence-corrected chi connectivity index (χ2v) is 14.1. The second kappa shape index (κ2) is 7.44. The number of ether oxygens (including phenoxy) is 2. The van der Waals surface area contributed by atoms with Gasteiger partial charge >= 0.3 is 5.97 Å². The number of carbonyl (C=O) groups is 1. The Morgan fingerprint density at radius 1 is 1.17 bits per heavy atom. The predicted molar refractivity (Wildman–Crippen MR) is 99.5 cm³/mol. The molecule has 0 aromatic carbocycles. The third-order valence-electron chi connectivity index (χ3n) is 5.29. The van der Waals surface area contributed by atoms with E-state index in [-0.39, 0.29) is 34.8 Å². The molecule has 0 radical (unpaired) electrons. The van der Waals surface area contributed by atoms with E-state index < -0.39 is 8.32 Å². The molecule has 5 nitrogen and oxygen atoms in total.